The molecule has 0 spiro atoms. The van der Waals surface area contributed by atoms with Gasteiger partial charge in [0.25, 0.3) is 0 Å². The Labute approximate surface area is 113 Å². The summed E-state index contributed by atoms with van der Waals surface area (Å²) in [4.78, 5) is 14.1. The smallest absolute Gasteiger partial charge is 0.203 e. The number of carbonyl (C=O) groups is 1. The Balaban J connectivity index is 2.43. The number of carbonyl (C=O) groups excluding carboxylic acids is 1. The number of hydrogen-bond acceptors (Lipinski definition) is 3. The first-order chi connectivity index (χ1) is 7.97. The van der Waals surface area contributed by atoms with E-state index in [1.807, 2.05) is 32.0 Å². The maximum absolute atomic E-state index is 12.3. The van der Waals surface area contributed by atoms with E-state index in [1.165, 1.54) is 11.3 Å². The van der Waals surface area contributed by atoms with E-state index in [0.29, 0.717) is 11.3 Å². The van der Waals surface area contributed by atoms with E-state index in [2.05, 4.69) is 15.9 Å². The number of halogens is 1. The molecule has 0 saturated heterocycles. The van der Waals surface area contributed by atoms with Gasteiger partial charge in [0.15, 0.2) is 0 Å². The van der Waals surface area contributed by atoms with E-state index in [9.17, 15) is 4.79 Å². The highest BCUT2D eigenvalue weighted by Crippen LogP contribution is 2.28. The predicted octanol–water partition coefficient (Wildman–Crippen LogP) is 3.94. The first-order valence-corrected chi connectivity index (χ1v) is 6.76. The summed E-state index contributed by atoms with van der Waals surface area (Å²) in [6.45, 7) is 3.92. The Morgan fingerprint density at radius 2 is 1.94 bits per heavy atom. The van der Waals surface area contributed by atoms with Gasteiger partial charge in [-0.1, -0.05) is 0 Å². The molecule has 0 atom stereocenters. The maximum Gasteiger partial charge on any atom is 0.203 e. The number of hydrogen-bond donors (Lipinski definition) is 1. The van der Waals surface area contributed by atoms with Crippen molar-refractivity contribution in [2.24, 2.45) is 0 Å². The third kappa shape index (κ3) is 2.58. The van der Waals surface area contributed by atoms with Gasteiger partial charge in [-0.3, -0.25) is 4.79 Å². The van der Waals surface area contributed by atoms with Gasteiger partial charge in [-0.25, -0.2) is 0 Å². The quantitative estimate of drug-likeness (QED) is 0.674. The normalized spacial score (nSPS) is 10.5. The summed E-state index contributed by atoms with van der Waals surface area (Å²) in [5.74, 6) is 0.0270. The van der Waals surface area contributed by atoms with Crippen LogP contribution in [-0.2, 0) is 0 Å². The van der Waals surface area contributed by atoms with Crippen molar-refractivity contribution in [3.05, 3.63) is 49.6 Å². The van der Waals surface area contributed by atoms with E-state index in [0.717, 1.165) is 19.8 Å². The highest BCUT2D eigenvalue weighted by molar-refractivity contribution is 9.10. The fourth-order valence-corrected chi connectivity index (χ4v) is 3.15. The first-order valence-electron chi connectivity index (χ1n) is 5.15. The number of anilines is 1. The lowest BCUT2D eigenvalue weighted by atomic mass is 10.1. The summed E-state index contributed by atoms with van der Waals surface area (Å²) < 4.78 is 0.978. The molecule has 2 rings (SSSR count). The fourth-order valence-electron chi connectivity index (χ4n) is 1.66. The zero-order valence-electron chi connectivity index (χ0n) is 9.58. The molecule has 2 N–H and O–H groups in total. The van der Waals surface area contributed by atoms with Gasteiger partial charge in [0.2, 0.25) is 5.78 Å². The molecule has 0 bridgehead atoms. The van der Waals surface area contributed by atoms with Crippen LogP contribution in [0, 0.1) is 13.8 Å². The molecule has 0 saturated carbocycles. The Bertz CT molecular complexity index is 549. The maximum atomic E-state index is 12.3. The van der Waals surface area contributed by atoms with Crippen LogP contribution in [0.15, 0.2) is 28.7 Å². The number of rotatable bonds is 2. The Morgan fingerprint density at radius 1 is 1.24 bits per heavy atom. The second kappa shape index (κ2) is 4.63. The topological polar surface area (TPSA) is 43.1 Å². The van der Waals surface area contributed by atoms with Crippen molar-refractivity contribution in [1.29, 1.82) is 0 Å². The Hall–Kier alpha value is -1.13. The SMILES string of the molecule is Cc1cc(N)cc(C(=O)c2cc(Br)c(C)s2)c1. The summed E-state index contributed by atoms with van der Waals surface area (Å²) in [6.07, 6.45) is 0. The van der Waals surface area contributed by atoms with Crippen LogP contribution in [0.25, 0.3) is 0 Å². The monoisotopic (exact) mass is 309 g/mol. The number of nitrogen functional groups attached to an aromatic ring is 1. The molecule has 2 nitrogen and oxygen atoms in total. The van der Waals surface area contributed by atoms with Gasteiger partial charge in [0.1, 0.15) is 0 Å². The van der Waals surface area contributed by atoms with E-state index in [1.54, 1.807) is 6.07 Å². The van der Waals surface area contributed by atoms with Gasteiger partial charge in [-0.2, -0.15) is 0 Å². The minimum Gasteiger partial charge on any atom is -0.399 e. The molecule has 0 amide bonds. The minimum atomic E-state index is 0.0270. The molecule has 1 heterocycles. The van der Waals surface area contributed by atoms with Crippen molar-refractivity contribution < 1.29 is 4.79 Å². The minimum absolute atomic E-state index is 0.0270. The number of aryl methyl sites for hydroxylation is 2. The van der Waals surface area contributed by atoms with Crippen LogP contribution < -0.4 is 5.73 Å². The molecule has 0 radical (unpaired) electrons. The highest BCUT2D eigenvalue weighted by Gasteiger charge is 2.14. The molecule has 1 aromatic carbocycles. The van der Waals surface area contributed by atoms with Gasteiger partial charge in [-0.15, -0.1) is 11.3 Å². The van der Waals surface area contributed by atoms with Gasteiger partial charge >= 0.3 is 0 Å². The summed E-state index contributed by atoms with van der Waals surface area (Å²) in [5.41, 5.74) is 8.03. The molecule has 0 aliphatic heterocycles. The summed E-state index contributed by atoms with van der Waals surface area (Å²) in [6, 6.07) is 7.30. The second-order valence-corrected chi connectivity index (χ2v) is 6.09. The van der Waals surface area contributed by atoms with Crippen LogP contribution in [0.4, 0.5) is 5.69 Å². The van der Waals surface area contributed by atoms with Crippen molar-refractivity contribution in [1.82, 2.24) is 0 Å². The van der Waals surface area contributed by atoms with E-state index in [-0.39, 0.29) is 5.78 Å². The second-order valence-electron chi connectivity index (χ2n) is 3.98. The fraction of sp³-hybridized carbons (Fsp3) is 0.154. The third-order valence-corrected chi connectivity index (χ3v) is 4.58. The summed E-state index contributed by atoms with van der Waals surface area (Å²) in [7, 11) is 0. The first kappa shape index (κ1) is 12.3. The lowest BCUT2D eigenvalue weighted by Crippen LogP contribution is -2.00. The molecule has 0 aliphatic carbocycles. The van der Waals surface area contributed by atoms with Crippen LogP contribution in [0.2, 0.25) is 0 Å². The molecule has 4 heteroatoms. The van der Waals surface area contributed by atoms with Crippen LogP contribution in [0.3, 0.4) is 0 Å². The molecule has 0 aliphatic rings. The molecule has 17 heavy (non-hydrogen) atoms. The van der Waals surface area contributed by atoms with Crippen molar-refractivity contribution in [3.8, 4) is 0 Å². The number of nitrogens with two attached hydrogens (primary N) is 1. The lowest BCUT2D eigenvalue weighted by molar-refractivity contribution is 0.104. The number of benzene rings is 1. The standard InChI is InChI=1S/C13H12BrNOS/c1-7-3-9(5-10(15)4-7)13(16)12-6-11(14)8(2)17-12/h3-6H,15H2,1-2H3. The molecular formula is C13H12BrNOS. The van der Waals surface area contributed by atoms with E-state index in [4.69, 9.17) is 5.73 Å². The lowest BCUT2D eigenvalue weighted by Gasteiger charge is -2.02. The zero-order chi connectivity index (χ0) is 12.6. The van der Waals surface area contributed by atoms with Crippen molar-refractivity contribution >= 4 is 38.7 Å². The number of ketones is 1. The third-order valence-electron chi connectivity index (χ3n) is 2.44. The van der Waals surface area contributed by atoms with Crippen molar-refractivity contribution in [3.63, 3.8) is 0 Å². The van der Waals surface area contributed by atoms with Crippen molar-refractivity contribution in [2.75, 3.05) is 5.73 Å². The van der Waals surface area contributed by atoms with E-state index >= 15 is 0 Å². The van der Waals surface area contributed by atoms with E-state index < -0.39 is 0 Å². The van der Waals surface area contributed by atoms with Crippen LogP contribution in [0.5, 0.6) is 0 Å². The predicted molar refractivity (Wildman–Crippen MR) is 75.8 cm³/mol. The largest absolute Gasteiger partial charge is 0.399 e. The van der Waals surface area contributed by atoms with Crippen LogP contribution in [0.1, 0.15) is 25.7 Å². The molecule has 0 unspecified atom stereocenters. The van der Waals surface area contributed by atoms with Gasteiger partial charge in [-0.05, 0) is 59.6 Å². The Kier molecular flexibility index (Phi) is 3.35. The molecule has 2 aromatic rings. The molecular weight excluding hydrogens is 298 g/mol. The highest BCUT2D eigenvalue weighted by atomic mass is 79.9. The van der Waals surface area contributed by atoms with Gasteiger partial charge in [0, 0.05) is 20.6 Å². The Morgan fingerprint density at radius 3 is 2.47 bits per heavy atom. The van der Waals surface area contributed by atoms with Gasteiger partial charge < -0.3 is 5.73 Å². The number of thiophene rings is 1. The van der Waals surface area contributed by atoms with Gasteiger partial charge in [0.05, 0.1) is 4.88 Å². The molecule has 88 valence electrons. The average Bonchev–Trinajstić information content (AvgIpc) is 2.57. The van der Waals surface area contributed by atoms with Crippen molar-refractivity contribution in [2.45, 2.75) is 13.8 Å². The van der Waals surface area contributed by atoms with Crippen LogP contribution >= 0.6 is 27.3 Å². The summed E-state index contributed by atoms with van der Waals surface area (Å²) >= 11 is 4.91. The zero-order valence-corrected chi connectivity index (χ0v) is 12.0. The average molecular weight is 310 g/mol. The molecule has 1 aromatic heterocycles. The molecule has 0 fully saturated rings. The summed E-state index contributed by atoms with van der Waals surface area (Å²) in [5, 5.41) is 0. The van der Waals surface area contributed by atoms with Crippen LogP contribution in [-0.4, -0.2) is 5.78 Å².